The van der Waals surface area contributed by atoms with Crippen LogP contribution >= 0.6 is 11.3 Å². The maximum Gasteiger partial charge on any atom is 0.294 e. The van der Waals surface area contributed by atoms with E-state index in [4.69, 9.17) is 4.42 Å². The summed E-state index contributed by atoms with van der Waals surface area (Å²) in [6, 6.07) is 16.9. The van der Waals surface area contributed by atoms with E-state index in [2.05, 4.69) is 0 Å². The number of anilines is 1. The van der Waals surface area contributed by atoms with Gasteiger partial charge in [0.2, 0.25) is 5.78 Å². The first-order valence-corrected chi connectivity index (χ1v) is 10.0. The van der Waals surface area contributed by atoms with E-state index in [1.807, 2.05) is 11.4 Å². The molecule has 2 aromatic heterocycles. The molecule has 0 aliphatic carbocycles. The highest BCUT2D eigenvalue weighted by molar-refractivity contribution is 7.10. The number of thiophene rings is 1. The molecule has 0 saturated heterocycles. The molecular weight excluding hydrogens is 405 g/mol. The van der Waals surface area contributed by atoms with Crippen molar-refractivity contribution in [3.63, 3.8) is 0 Å². The van der Waals surface area contributed by atoms with Crippen molar-refractivity contribution in [3.8, 4) is 0 Å². The van der Waals surface area contributed by atoms with Crippen LogP contribution in [0.1, 0.15) is 21.5 Å². The van der Waals surface area contributed by atoms with Gasteiger partial charge in [-0.15, -0.1) is 11.3 Å². The van der Waals surface area contributed by atoms with E-state index in [0.717, 1.165) is 5.39 Å². The molecule has 2 aromatic carbocycles. The number of hydrogen-bond donors (Lipinski definition) is 1. The molecule has 1 aliphatic rings. The molecule has 4 aromatic rings. The second kappa shape index (κ2) is 6.96. The number of ketones is 1. The predicted octanol–water partition coefficient (Wildman–Crippen LogP) is 5.42. The van der Waals surface area contributed by atoms with E-state index in [1.54, 1.807) is 42.5 Å². The number of Topliss-reactive ketones (excluding diaryl/α,β-unsaturated/α-hetero) is 1. The van der Waals surface area contributed by atoms with E-state index < -0.39 is 29.3 Å². The molecule has 0 fully saturated rings. The molecule has 30 heavy (non-hydrogen) atoms. The lowest BCUT2D eigenvalue weighted by atomic mass is 10.00. The van der Waals surface area contributed by atoms with Crippen LogP contribution in [-0.4, -0.2) is 16.8 Å². The molecular formula is C23H14FNO4S. The molecule has 7 heteroatoms. The van der Waals surface area contributed by atoms with Crippen LogP contribution in [0, 0.1) is 5.82 Å². The van der Waals surface area contributed by atoms with Gasteiger partial charge in [-0.3, -0.25) is 14.5 Å². The summed E-state index contributed by atoms with van der Waals surface area (Å²) in [7, 11) is 0. The van der Waals surface area contributed by atoms with Crippen LogP contribution in [0.5, 0.6) is 0 Å². The van der Waals surface area contributed by atoms with Gasteiger partial charge < -0.3 is 9.52 Å². The Morgan fingerprint density at radius 3 is 2.63 bits per heavy atom. The number of para-hydroxylation sites is 1. The Bertz CT molecular complexity index is 1290. The zero-order valence-electron chi connectivity index (χ0n) is 15.4. The van der Waals surface area contributed by atoms with Gasteiger partial charge in [0, 0.05) is 16.0 Å². The summed E-state index contributed by atoms with van der Waals surface area (Å²) in [6.07, 6.45) is 0. The number of fused-ring (bicyclic) bond motifs is 1. The van der Waals surface area contributed by atoms with Crippen molar-refractivity contribution in [2.45, 2.75) is 6.04 Å². The van der Waals surface area contributed by atoms with Crippen molar-refractivity contribution in [1.82, 2.24) is 0 Å². The average Bonchev–Trinajstić information content (AvgIpc) is 3.46. The van der Waals surface area contributed by atoms with Crippen LogP contribution in [-0.2, 0) is 4.79 Å². The first-order valence-electron chi connectivity index (χ1n) is 9.13. The maximum absolute atomic E-state index is 13.9. The van der Waals surface area contributed by atoms with Gasteiger partial charge in [-0.2, -0.15) is 0 Å². The van der Waals surface area contributed by atoms with E-state index in [1.165, 1.54) is 34.4 Å². The zero-order chi connectivity index (χ0) is 20.8. The van der Waals surface area contributed by atoms with Crippen LogP contribution in [0.2, 0.25) is 0 Å². The second-order valence-electron chi connectivity index (χ2n) is 6.81. The van der Waals surface area contributed by atoms with Crippen molar-refractivity contribution in [2.24, 2.45) is 0 Å². The van der Waals surface area contributed by atoms with Crippen molar-refractivity contribution in [2.75, 3.05) is 4.90 Å². The molecule has 0 spiro atoms. The molecule has 1 N–H and O–H groups in total. The number of aliphatic hydroxyl groups is 1. The SMILES string of the molecule is O=C(C1=C(O)C(=O)N(c2cccc(F)c2)C1c1cccs1)c1cc2ccccc2o1. The van der Waals surface area contributed by atoms with Crippen LogP contribution in [0.25, 0.3) is 11.0 Å². The largest absolute Gasteiger partial charge is 0.503 e. The van der Waals surface area contributed by atoms with Crippen LogP contribution in [0.15, 0.2) is 87.9 Å². The van der Waals surface area contributed by atoms with Gasteiger partial charge >= 0.3 is 0 Å². The zero-order valence-corrected chi connectivity index (χ0v) is 16.2. The van der Waals surface area contributed by atoms with Gasteiger partial charge in [-0.25, -0.2) is 4.39 Å². The molecule has 1 atom stereocenters. The van der Waals surface area contributed by atoms with E-state index >= 15 is 0 Å². The van der Waals surface area contributed by atoms with Gasteiger partial charge in [0.15, 0.2) is 11.5 Å². The first kappa shape index (κ1) is 18.3. The number of carbonyl (C=O) groups excluding carboxylic acids is 2. The summed E-state index contributed by atoms with van der Waals surface area (Å²) in [6.45, 7) is 0. The molecule has 0 bridgehead atoms. The lowest BCUT2D eigenvalue weighted by Gasteiger charge is -2.25. The predicted molar refractivity (Wildman–Crippen MR) is 111 cm³/mol. The minimum absolute atomic E-state index is 0.0215. The highest BCUT2D eigenvalue weighted by Crippen LogP contribution is 2.43. The van der Waals surface area contributed by atoms with E-state index in [0.29, 0.717) is 10.5 Å². The quantitative estimate of drug-likeness (QED) is 0.449. The molecule has 0 radical (unpaired) electrons. The monoisotopic (exact) mass is 419 g/mol. The summed E-state index contributed by atoms with van der Waals surface area (Å²) in [4.78, 5) is 28.2. The third-order valence-electron chi connectivity index (χ3n) is 5.00. The number of rotatable bonds is 4. The van der Waals surface area contributed by atoms with Crippen molar-refractivity contribution in [3.05, 3.63) is 99.9 Å². The summed E-state index contributed by atoms with van der Waals surface area (Å²) >= 11 is 1.33. The topological polar surface area (TPSA) is 70.8 Å². The normalized spacial score (nSPS) is 16.6. The third-order valence-corrected chi connectivity index (χ3v) is 5.93. The minimum Gasteiger partial charge on any atom is -0.503 e. The number of carbonyl (C=O) groups is 2. The molecule has 0 saturated carbocycles. The van der Waals surface area contributed by atoms with Crippen LogP contribution in [0.3, 0.4) is 0 Å². The number of amides is 1. The molecule has 5 nitrogen and oxygen atoms in total. The Hall–Kier alpha value is -3.71. The van der Waals surface area contributed by atoms with Crippen molar-refractivity contribution < 1.29 is 23.5 Å². The smallest absolute Gasteiger partial charge is 0.294 e. The van der Waals surface area contributed by atoms with Gasteiger partial charge in [0.05, 0.1) is 5.57 Å². The lowest BCUT2D eigenvalue weighted by Crippen LogP contribution is -2.30. The highest BCUT2D eigenvalue weighted by atomic mass is 32.1. The maximum atomic E-state index is 13.9. The Labute approximate surface area is 174 Å². The number of hydrogen-bond acceptors (Lipinski definition) is 5. The fraction of sp³-hybridized carbons (Fsp3) is 0.0435. The molecule has 1 aliphatic heterocycles. The fourth-order valence-corrected chi connectivity index (χ4v) is 4.50. The van der Waals surface area contributed by atoms with Crippen molar-refractivity contribution >= 4 is 39.7 Å². The standard InChI is InChI=1S/C23H14FNO4S/c24-14-6-3-7-15(12-14)25-20(18-9-4-10-30-18)19(22(27)23(25)28)21(26)17-11-13-5-1-2-8-16(13)29-17/h1-12,20,27H. The van der Waals surface area contributed by atoms with Gasteiger partial charge in [0.1, 0.15) is 17.4 Å². The molecule has 148 valence electrons. The molecule has 3 heterocycles. The van der Waals surface area contributed by atoms with Gasteiger partial charge in [0.25, 0.3) is 5.91 Å². The summed E-state index contributed by atoms with van der Waals surface area (Å²) in [5.41, 5.74) is 0.683. The number of aliphatic hydroxyl groups excluding tert-OH is 1. The van der Waals surface area contributed by atoms with Crippen LogP contribution in [0.4, 0.5) is 10.1 Å². The van der Waals surface area contributed by atoms with E-state index in [-0.39, 0.29) is 17.0 Å². The second-order valence-corrected chi connectivity index (χ2v) is 7.79. The fourth-order valence-electron chi connectivity index (χ4n) is 3.67. The highest BCUT2D eigenvalue weighted by Gasteiger charge is 2.45. The lowest BCUT2D eigenvalue weighted by molar-refractivity contribution is -0.117. The van der Waals surface area contributed by atoms with Crippen molar-refractivity contribution in [1.29, 1.82) is 0 Å². The van der Waals surface area contributed by atoms with Gasteiger partial charge in [-0.05, 0) is 41.8 Å². The third kappa shape index (κ3) is 2.83. The summed E-state index contributed by atoms with van der Waals surface area (Å²) in [5, 5.41) is 13.2. The summed E-state index contributed by atoms with van der Waals surface area (Å²) in [5.74, 6) is -2.52. The first-order chi connectivity index (χ1) is 14.5. The number of halogens is 1. The number of benzene rings is 2. The van der Waals surface area contributed by atoms with Gasteiger partial charge in [-0.1, -0.05) is 30.3 Å². The number of furan rings is 1. The Balaban J connectivity index is 1.65. The van der Waals surface area contributed by atoms with Crippen LogP contribution < -0.4 is 4.90 Å². The Morgan fingerprint density at radius 2 is 1.90 bits per heavy atom. The Kier molecular flexibility index (Phi) is 4.25. The minimum atomic E-state index is -0.889. The number of nitrogens with zero attached hydrogens (tertiary/aromatic N) is 1. The summed E-state index contributed by atoms with van der Waals surface area (Å²) < 4.78 is 19.5. The average molecular weight is 419 g/mol. The van der Waals surface area contributed by atoms with E-state index in [9.17, 15) is 19.1 Å². The Morgan fingerprint density at radius 1 is 1.07 bits per heavy atom. The molecule has 5 rings (SSSR count). The molecule has 1 unspecified atom stereocenters. The molecule has 1 amide bonds.